The van der Waals surface area contributed by atoms with E-state index in [0.29, 0.717) is 0 Å². The lowest BCUT2D eigenvalue weighted by Crippen LogP contribution is -1.80. The van der Waals surface area contributed by atoms with Crippen LogP contribution in [0.25, 0.3) is 114 Å². The molecule has 0 fully saturated rings. The summed E-state index contributed by atoms with van der Waals surface area (Å²) in [4.78, 5) is 2.63. The fourth-order valence-corrected chi connectivity index (χ4v) is 12.8. The largest absolute Gasteiger partial charge is 0.135 e. The molecular formula is C50H28S4. The molecule has 252 valence electrons. The molecule has 0 amide bonds. The number of hydrogen-bond acceptors (Lipinski definition) is 4. The van der Waals surface area contributed by atoms with Gasteiger partial charge in [0.05, 0.1) is 9.40 Å². The van der Waals surface area contributed by atoms with Crippen molar-refractivity contribution in [1.29, 1.82) is 0 Å². The molecule has 8 aromatic carbocycles. The maximum atomic E-state index is 2.41. The van der Waals surface area contributed by atoms with Crippen LogP contribution < -0.4 is 0 Å². The van der Waals surface area contributed by atoms with Gasteiger partial charge in [0.15, 0.2) is 0 Å². The fraction of sp³-hybridized carbons (Fsp3) is 0. The van der Waals surface area contributed by atoms with Crippen LogP contribution >= 0.6 is 45.3 Å². The zero-order chi connectivity index (χ0) is 35.3. The van der Waals surface area contributed by atoms with Gasteiger partial charge in [0.2, 0.25) is 0 Å². The van der Waals surface area contributed by atoms with E-state index in [-0.39, 0.29) is 0 Å². The molecule has 0 aliphatic rings. The van der Waals surface area contributed by atoms with Gasteiger partial charge in [-0.15, -0.1) is 45.3 Å². The second-order valence-electron chi connectivity index (χ2n) is 14.1. The van der Waals surface area contributed by atoms with Crippen molar-refractivity contribution in [3.05, 3.63) is 170 Å². The van der Waals surface area contributed by atoms with Crippen LogP contribution in [0.2, 0.25) is 0 Å². The van der Waals surface area contributed by atoms with Gasteiger partial charge in [0, 0.05) is 39.3 Å². The maximum Gasteiger partial charge on any atom is 0.0542 e. The summed E-state index contributed by atoms with van der Waals surface area (Å²) in [6, 6.07) is 63.5. The molecule has 0 bridgehead atoms. The van der Waals surface area contributed by atoms with Crippen molar-refractivity contribution in [2.75, 3.05) is 0 Å². The van der Waals surface area contributed by atoms with Crippen LogP contribution in [0.4, 0.5) is 0 Å². The second kappa shape index (κ2) is 11.9. The van der Waals surface area contributed by atoms with E-state index in [1.165, 1.54) is 114 Å². The summed E-state index contributed by atoms with van der Waals surface area (Å²) in [5.74, 6) is 0. The van der Waals surface area contributed by atoms with Gasteiger partial charge in [-0.3, -0.25) is 0 Å². The summed E-state index contributed by atoms with van der Waals surface area (Å²) in [7, 11) is 0. The van der Waals surface area contributed by atoms with Crippen LogP contribution in [-0.2, 0) is 0 Å². The normalized spacial score (nSPS) is 12.1. The average molecular weight is 757 g/mol. The molecule has 4 heterocycles. The van der Waals surface area contributed by atoms with Gasteiger partial charge in [0.1, 0.15) is 0 Å². The van der Waals surface area contributed by atoms with Crippen molar-refractivity contribution >= 4 is 117 Å². The van der Waals surface area contributed by atoms with Gasteiger partial charge in [-0.05, 0) is 126 Å². The first-order valence-electron chi connectivity index (χ1n) is 18.1. The summed E-state index contributed by atoms with van der Waals surface area (Å²) >= 11 is 7.59. The molecule has 4 aromatic heterocycles. The van der Waals surface area contributed by atoms with Gasteiger partial charge >= 0.3 is 0 Å². The number of hydrogen-bond donors (Lipinski definition) is 0. The Morgan fingerprint density at radius 3 is 1.09 bits per heavy atom. The van der Waals surface area contributed by atoms with E-state index >= 15 is 0 Å². The van der Waals surface area contributed by atoms with Crippen LogP contribution in [-0.4, -0.2) is 0 Å². The molecule has 12 aromatic rings. The SMILES string of the molecule is c1ccc2sc(-c3ccc(-c4ccc5cc6c(cc5c4)sc4c5cc7ccc(-c8ccc(-c9cc%10ccccc%10s9)cc8)cc7cc5sc64)cc3)cc2c1. The highest BCUT2D eigenvalue weighted by molar-refractivity contribution is 7.36. The Bertz CT molecular complexity index is 3130. The van der Waals surface area contributed by atoms with Gasteiger partial charge in [-0.25, -0.2) is 0 Å². The molecule has 0 radical (unpaired) electrons. The van der Waals surface area contributed by atoms with Gasteiger partial charge in [-0.1, -0.05) is 109 Å². The minimum absolute atomic E-state index is 1.25. The highest BCUT2D eigenvalue weighted by Crippen LogP contribution is 2.47. The fourth-order valence-electron chi connectivity index (χ4n) is 8.01. The van der Waals surface area contributed by atoms with E-state index < -0.39 is 0 Å². The van der Waals surface area contributed by atoms with Crippen LogP contribution in [0, 0.1) is 0 Å². The molecule has 0 atom stereocenters. The van der Waals surface area contributed by atoms with Crippen LogP contribution in [0.1, 0.15) is 0 Å². The summed E-state index contributed by atoms with van der Waals surface area (Å²) in [5, 5.41) is 10.5. The first-order valence-corrected chi connectivity index (χ1v) is 21.4. The van der Waals surface area contributed by atoms with Gasteiger partial charge in [-0.2, -0.15) is 0 Å². The van der Waals surface area contributed by atoms with E-state index in [1.54, 1.807) is 0 Å². The molecule has 0 nitrogen and oxygen atoms in total. The Labute approximate surface area is 327 Å². The Morgan fingerprint density at radius 1 is 0.241 bits per heavy atom. The van der Waals surface area contributed by atoms with Crippen molar-refractivity contribution in [2.24, 2.45) is 0 Å². The predicted octanol–water partition coefficient (Wildman–Crippen LogP) is 16.7. The van der Waals surface area contributed by atoms with E-state index in [9.17, 15) is 0 Å². The molecule has 4 heteroatoms. The van der Waals surface area contributed by atoms with Crippen molar-refractivity contribution in [1.82, 2.24) is 0 Å². The van der Waals surface area contributed by atoms with Crippen molar-refractivity contribution < 1.29 is 0 Å². The van der Waals surface area contributed by atoms with Crippen LogP contribution in [0.3, 0.4) is 0 Å². The zero-order valence-electron chi connectivity index (χ0n) is 28.8. The number of thiophene rings is 4. The lowest BCUT2D eigenvalue weighted by molar-refractivity contribution is 1.65. The van der Waals surface area contributed by atoms with Gasteiger partial charge < -0.3 is 0 Å². The van der Waals surface area contributed by atoms with E-state index in [2.05, 4.69) is 170 Å². The third-order valence-electron chi connectivity index (χ3n) is 10.9. The zero-order valence-corrected chi connectivity index (χ0v) is 32.1. The smallest absolute Gasteiger partial charge is 0.0542 e. The highest BCUT2D eigenvalue weighted by Gasteiger charge is 2.15. The maximum absolute atomic E-state index is 2.41. The monoisotopic (exact) mass is 756 g/mol. The van der Waals surface area contributed by atoms with E-state index in [0.717, 1.165) is 0 Å². The van der Waals surface area contributed by atoms with Crippen LogP contribution in [0.5, 0.6) is 0 Å². The lowest BCUT2D eigenvalue weighted by atomic mass is 9.99. The molecule has 0 saturated carbocycles. The third kappa shape index (κ3) is 4.99. The molecule has 0 N–H and O–H groups in total. The van der Waals surface area contributed by atoms with E-state index in [4.69, 9.17) is 0 Å². The first kappa shape index (κ1) is 30.8. The molecule has 0 aliphatic carbocycles. The second-order valence-corrected chi connectivity index (χ2v) is 18.4. The summed E-state index contributed by atoms with van der Waals surface area (Å²) in [6.45, 7) is 0. The Morgan fingerprint density at radius 2 is 0.648 bits per heavy atom. The molecule has 12 rings (SSSR count). The average Bonchev–Trinajstić information content (AvgIpc) is 4.01. The minimum atomic E-state index is 1.25. The first-order chi connectivity index (χ1) is 26.7. The number of benzene rings is 8. The summed E-state index contributed by atoms with van der Waals surface area (Å²) < 4.78 is 8.19. The molecular weight excluding hydrogens is 729 g/mol. The number of rotatable bonds is 4. The van der Waals surface area contributed by atoms with Crippen LogP contribution in [0.15, 0.2) is 170 Å². The Balaban J connectivity index is 0.863. The summed E-state index contributed by atoms with van der Waals surface area (Å²) in [6.07, 6.45) is 0. The molecule has 0 aliphatic heterocycles. The quantitative estimate of drug-likeness (QED) is 0.168. The molecule has 0 unspecified atom stereocenters. The Hall–Kier alpha value is -5.62. The predicted molar refractivity (Wildman–Crippen MR) is 242 cm³/mol. The summed E-state index contributed by atoms with van der Waals surface area (Å²) in [5.41, 5.74) is 7.56. The highest BCUT2D eigenvalue weighted by atomic mass is 32.1. The molecule has 54 heavy (non-hydrogen) atoms. The van der Waals surface area contributed by atoms with Crippen molar-refractivity contribution in [3.63, 3.8) is 0 Å². The lowest BCUT2D eigenvalue weighted by Gasteiger charge is -2.06. The van der Waals surface area contributed by atoms with Crippen molar-refractivity contribution in [2.45, 2.75) is 0 Å². The number of fused-ring (bicyclic) bond motifs is 9. The van der Waals surface area contributed by atoms with Crippen molar-refractivity contribution in [3.8, 4) is 43.1 Å². The minimum Gasteiger partial charge on any atom is -0.135 e. The van der Waals surface area contributed by atoms with E-state index in [1.807, 2.05) is 45.3 Å². The third-order valence-corrected chi connectivity index (χ3v) is 15.7. The standard InChI is InChI=1S/C50H28S4/c1-3-7-43-37(5-1)25-45(51-43)31-13-9-29(10-14-31)33-17-19-35-23-41-47(27-39(35)21-33)53-50-42-24-36-20-18-34(22-40(36)28-48(42)54-49(41)50)30-11-15-32(16-12-30)46-26-38-6-2-4-8-44(38)52-46/h1-28H. The van der Waals surface area contributed by atoms with Gasteiger partial charge in [0.25, 0.3) is 0 Å². The Kier molecular flexibility index (Phi) is 6.81. The molecule has 0 saturated heterocycles. The topological polar surface area (TPSA) is 0 Å². The molecule has 0 spiro atoms.